The number of imide groups is 1. The highest BCUT2D eigenvalue weighted by Crippen LogP contribution is 2.22. The summed E-state index contributed by atoms with van der Waals surface area (Å²) in [5, 5.41) is 0.599. The van der Waals surface area contributed by atoms with E-state index < -0.39 is 5.91 Å². The van der Waals surface area contributed by atoms with Crippen LogP contribution in [0.3, 0.4) is 0 Å². The van der Waals surface area contributed by atoms with E-state index in [-0.39, 0.29) is 31.2 Å². The molecule has 0 atom stereocenters. The number of aromatic nitrogens is 1. The molecular weight excluding hydrogens is 378 g/mol. The van der Waals surface area contributed by atoms with Gasteiger partial charge < -0.3 is 9.30 Å². The zero-order chi connectivity index (χ0) is 18.7. The molecule has 0 unspecified atom stereocenters. The Kier molecular flexibility index (Phi) is 5.85. The molecule has 2 aromatic rings. The maximum absolute atomic E-state index is 12.3. The fraction of sp³-hybridized carbons (Fsp3) is 0.412. The van der Waals surface area contributed by atoms with Crippen molar-refractivity contribution < 1.29 is 19.1 Å². The van der Waals surface area contributed by atoms with Gasteiger partial charge in [0.05, 0.1) is 16.8 Å². The van der Waals surface area contributed by atoms with Crippen LogP contribution in [0.1, 0.15) is 19.8 Å². The number of likely N-dealkylation sites (tertiary alicyclic amines) is 1. The number of rotatable bonds is 6. The van der Waals surface area contributed by atoms with Crippen molar-refractivity contribution in [2.45, 2.75) is 26.3 Å². The second-order valence-electron chi connectivity index (χ2n) is 5.72. The van der Waals surface area contributed by atoms with Crippen LogP contribution in [0.2, 0.25) is 5.02 Å². The van der Waals surface area contributed by atoms with Gasteiger partial charge in [0.15, 0.2) is 4.80 Å². The average molecular weight is 396 g/mol. The maximum atomic E-state index is 12.3. The van der Waals surface area contributed by atoms with Gasteiger partial charge in [-0.05, 0) is 25.1 Å². The standard InChI is InChI=1S/C17H18ClN3O4S/c1-2-25-8-7-20-12-4-3-11(18)9-13(12)26-17(20)19-14(22)10-21-15(23)5-6-16(21)24/h3-4,9H,2,5-8,10H2,1H3. The third-order valence-corrected chi connectivity index (χ3v) is 5.25. The average Bonchev–Trinajstić information content (AvgIpc) is 3.09. The van der Waals surface area contributed by atoms with Crippen molar-refractivity contribution >= 4 is 50.9 Å². The molecular formula is C17H18ClN3O4S. The summed E-state index contributed by atoms with van der Waals surface area (Å²) in [4.78, 5) is 41.2. The van der Waals surface area contributed by atoms with Gasteiger partial charge in [0.2, 0.25) is 11.8 Å². The normalized spacial score (nSPS) is 15.5. The number of thiazole rings is 1. The SMILES string of the molecule is CCOCCn1c(=NC(=O)CN2C(=O)CCC2=O)sc2cc(Cl)ccc21. The molecule has 0 bridgehead atoms. The van der Waals surface area contributed by atoms with E-state index in [4.69, 9.17) is 16.3 Å². The Morgan fingerprint density at radius 1 is 1.31 bits per heavy atom. The van der Waals surface area contributed by atoms with Gasteiger partial charge in [-0.25, -0.2) is 0 Å². The summed E-state index contributed by atoms with van der Waals surface area (Å²) in [6, 6.07) is 5.47. The number of fused-ring (bicyclic) bond motifs is 1. The van der Waals surface area contributed by atoms with E-state index >= 15 is 0 Å². The topological polar surface area (TPSA) is 81.0 Å². The third kappa shape index (κ3) is 4.03. The zero-order valence-electron chi connectivity index (χ0n) is 14.2. The number of carbonyl (C=O) groups is 3. The first kappa shape index (κ1) is 18.8. The van der Waals surface area contributed by atoms with Crippen molar-refractivity contribution in [3.63, 3.8) is 0 Å². The van der Waals surface area contributed by atoms with Crippen LogP contribution in [-0.4, -0.2) is 46.9 Å². The number of amides is 3. The highest BCUT2D eigenvalue weighted by atomic mass is 35.5. The molecule has 1 aliphatic heterocycles. The van der Waals surface area contributed by atoms with Gasteiger partial charge in [-0.2, -0.15) is 4.99 Å². The minimum Gasteiger partial charge on any atom is -0.380 e. The van der Waals surface area contributed by atoms with E-state index in [0.717, 1.165) is 15.1 Å². The van der Waals surface area contributed by atoms with Crippen LogP contribution in [0.25, 0.3) is 10.2 Å². The summed E-state index contributed by atoms with van der Waals surface area (Å²) in [5.41, 5.74) is 0.902. The minimum atomic E-state index is -0.531. The molecule has 7 nitrogen and oxygen atoms in total. The lowest BCUT2D eigenvalue weighted by molar-refractivity contribution is -0.141. The van der Waals surface area contributed by atoms with Gasteiger partial charge in [0, 0.05) is 31.0 Å². The molecule has 1 aromatic carbocycles. The van der Waals surface area contributed by atoms with Crippen LogP contribution >= 0.6 is 22.9 Å². The van der Waals surface area contributed by atoms with Crippen LogP contribution in [0.4, 0.5) is 0 Å². The van der Waals surface area contributed by atoms with Gasteiger partial charge >= 0.3 is 0 Å². The molecule has 0 spiro atoms. The van der Waals surface area contributed by atoms with E-state index in [1.807, 2.05) is 23.6 Å². The van der Waals surface area contributed by atoms with E-state index in [0.29, 0.717) is 29.6 Å². The van der Waals surface area contributed by atoms with Crippen LogP contribution < -0.4 is 4.80 Å². The fourth-order valence-electron chi connectivity index (χ4n) is 2.73. The number of hydrogen-bond acceptors (Lipinski definition) is 5. The fourth-order valence-corrected chi connectivity index (χ4v) is 4.07. The molecule has 0 saturated carbocycles. The Labute approximate surface area is 158 Å². The Morgan fingerprint density at radius 3 is 2.73 bits per heavy atom. The first-order valence-corrected chi connectivity index (χ1v) is 9.46. The van der Waals surface area contributed by atoms with Gasteiger partial charge in [0.25, 0.3) is 5.91 Å². The molecule has 0 radical (unpaired) electrons. The summed E-state index contributed by atoms with van der Waals surface area (Å²) < 4.78 is 8.19. The van der Waals surface area contributed by atoms with Crippen molar-refractivity contribution in [2.24, 2.45) is 4.99 Å². The Balaban J connectivity index is 1.92. The number of nitrogens with zero attached hydrogens (tertiary/aromatic N) is 3. The Morgan fingerprint density at radius 2 is 2.04 bits per heavy atom. The summed E-state index contributed by atoms with van der Waals surface area (Å²) >= 11 is 7.38. The van der Waals surface area contributed by atoms with Crippen molar-refractivity contribution in [3.05, 3.63) is 28.0 Å². The second-order valence-corrected chi connectivity index (χ2v) is 7.17. The van der Waals surface area contributed by atoms with Crippen molar-refractivity contribution in [1.82, 2.24) is 9.47 Å². The quantitative estimate of drug-likeness (QED) is 0.553. The van der Waals surface area contributed by atoms with Gasteiger partial charge in [-0.15, -0.1) is 0 Å². The molecule has 1 fully saturated rings. The van der Waals surface area contributed by atoms with Crippen molar-refractivity contribution in [1.29, 1.82) is 0 Å². The zero-order valence-corrected chi connectivity index (χ0v) is 15.8. The number of carbonyl (C=O) groups excluding carboxylic acids is 3. The lowest BCUT2D eigenvalue weighted by atomic mass is 10.3. The first-order chi connectivity index (χ1) is 12.5. The van der Waals surface area contributed by atoms with Crippen molar-refractivity contribution in [2.75, 3.05) is 19.8 Å². The minimum absolute atomic E-state index is 0.155. The van der Waals surface area contributed by atoms with Gasteiger partial charge in [-0.1, -0.05) is 22.9 Å². The highest BCUT2D eigenvalue weighted by Gasteiger charge is 2.30. The number of halogens is 1. The predicted molar refractivity (Wildman–Crippen MR) is 97.8 cm³/mol. The molecule has 138 valence electrons. The second kappa shape index (κ2) is 8.11. The molecule has 2 heterocycles. The van der Waals surface area contributed by atoms with E-state index in [1.54, 1.807) is 6.07 Å². The molecule has 0 N–H and O–H groups in total. The monoisotopic (exact) mass is 395 g/mol. The van der Waals surface area contributed by atoms with Crippen molar-refractivity contribution in [3.8, 4) is 0 Å². The lowest BCUT2D eigenvalue weighted by Gasteiger charge is -2.10. The smallest absolute Gasteiger partial charge is 0.268 e. The predicted octanol–water partition coefficient (Wildman–Crippen LogP) is 1.97. The summed E-state index contributed by atoms with van der Waals surface area (Å²) in [7, 11) is 0. The van der Waals surface area contributed by atoms with Crippen LogP contribution in [0.5, 0.6) is 0 Å². The first-order valence-electron chi connectivity index (χ1n) is 8.27. The lowest BCUT2D eigenvalue weighted by Crippen LogP contribution is -2.34. The summed E-state index contributed by atoms with van der Waals surface area (Å²) in [6.07, 6.45) is 0.309. The summed E-state index contributed by atoms with van der Waals surface area (Å²) in [5.74, 6) is -1.19. The van der Waals surface area contributed by atoms with Crippen LogP contribution in [-0.2, 0) is 25.7 Å². The molecule has 9 heteroatoms. The van der Waals surface area contributed by atoms with Crippen LogP contribution in [0.15, 0.2) is 23.2 Å². The number of hydrogen-bond donors (Lipinski definition) is 0. The Bertz CT molecular complexity index is 918. The highest BCUT2D eigenvalue weighted by molar-refractivity contribution is 7.16. The molecule has 1 aromatic heterocycles. The molecule has 3 amide bonds. The Hall–Kier alpha value is -2.03. The third-order valence-electron chi connectivity index (χ3n) is 3.98. The summed E-state index contributed by atoms with van der Waals surface area (Å²) in [6.45, 7) is 3.20. The van der Waals surface area contributed by atoms with Crippen LogP contribution in [0, 0.1) is 0 Å². The maximum Gasteiger partial charge on any atom is 0.268 e. The van der Waals surface area contributed by atoms with E-state index in [9.17, 15) is 14.4 Å². The van der Waals surface area contributed by atoms with E-state index in [2.05, 4.69) is 4.99 Å². The number of benzene rings is 1. The molecule has 26 heavy (non-hydrogen) atoms. The largest absolute Gasteiger partial charge is 0.380 e. The molecule has 1 saturated heterocycles. The molecule has 0 aliphatic carbocycles. The molecule has 3 rings (SSSR count). The van der Waals surface area contributed by atoms with Gasteiger partial charge in [0.1, 0.15) is 6.54 Å². The molecule has 1 aliphatic rings. The van der Waals surface area contributed by atoms with E-state index in [1.165, 1.54) is 11.3 Å². The van der Waals surface area contributed by atoms with Gasteiger partial charge in [-0.3, -0.25) is 19.3 Å². The number of ether oxygens (including phenoxy) is 1.